The molecule has 0 saturated carbocycles. The number of nitrogens with one attached hydrogen (secondary N) is 1. The Morgan fingerprint density at radius 3 is 2.51 bits per heavy atom. The molecule has 1 aromatic rings. The van der Waals surface area contributed by atoms with Gasteiger partial charge in [-0.25, -0.2) is 18.5 Å². The number of nitrogens with zero attached hydrogens (tertiary/aromatic N) is 1. The molecule has 2 aliphatic heterocycles. The molecule has 1 aromatic heterocycles. The molecule has 6 unspecified atom stereocenters. The molecule has 0 amide bonds. The molecule has 6 atom stereocenters. The van der Waals surface area contributed by atoms with Crippen molar-refractivity contribution in [3.05, 3.63) is 32.6 Å². The summed E-state index contributed by atoms with van der Waals surface area (Å²) in [5.41, 5.74) is -1.33. The topological polar surface area (TPSA) is 233 Å². The second kappa shape index (κ2) is 11.6. The van der Waals surface area contributed by atoms with E-state index in [0.717, 1.165) is 23.2 Å². The van der Waals surface area contributed by atoms with Crippen LogP contribution in [0.25, 0.3) is 0 Å². The first-order chi connectivity index (χ1) is 16.1. The second-order valence-electron chi connectivity index (χ2n) is 7.39. The van der Waals surface area contributed by atoms with Crippen LogP contribution in [0.5, 0.6) is 0 Å². The van der Waals surface area contributed by atoms with Gasteiger partial charge in [0.15, 0.2) is 0 Å². The fourth-order valence-corrected chi connectivity index (χ4v) is 8.74. The highest BCUT2D eigenvalue weighted by Gasteiger charge is 2.44. The molecule has 16 nitrogen and oxygen atoms in total. The summed E-state index contributed by atoms with van der Waals surface area (Å²) in [7, 11) is -13.5. The van der Waals surface area contributed by atoms with E-state index in [2.05, 4.69) is 13.6 Å². The van der Waals surface area contributed by atoms with Crippen molar-refractivity contribution < 1.29 is 55.9 Å². The van der Waals surface area contributed by atoms with Gasteiger partial charge in [0, 0.05) is 23.9 Å². The van der Waals surface area contributed by atoms with Crippen LogP contribution in [0, 0.1) is 6.92 Å². The summed E-state index contributed by atoms with van der Waals surface area (Å²) >= 11 is 0. The summed E-state index contributed by atoms with van der Waals surface area (Å²) in [5, 5.41) is 0. The Kier molecular flexibility index (Phi) is 9.72. The van der Waals surface area contributed by atoms with Crippen LogP contribution >= 0.6 is 45.1 Å². The van der Waals surface area contributed by atoms with Gasteiger partial charge >= 0.3 is 29.2 Å². The fourth-order valence-electron chi connectivity index (χ4n) is 3.20. The smallest absolute Gasteiger partial charge is 0.361 e. The molecular formula is C14H23N2O14P3S2. The Labute approximate surface area is 205 Å². The van der Waals surface area contributed by atoms with E-state index >= 15 is 0 Å². The van der Waals surface area contributed by atoms with Gasteiger partial charge in [-0.1, -0.05) is 21.6 Å². The highest BCUT2D eigenvalue weighted by atomic mass is 33.1. The van der Waals surface area contributed by atoms with Gasteiger partial charge in [-0.2, -0.15) is 8.62 Å². The number of aromatic amines is 1. The number of phosphoric acid groups is 3. The van der Waals surface area contributed by atoms with E-state index < -0.39 is 59.8 Å². The van der Waals surface area contributed by atoms with Gasteiger partial charge < -0.3 is 29.0 Å². The molecule has 21 heteroatoms. The van der Waals surface area contributed by atoms with Gasteiger partial charge in [0.2, 0.25) is 0 Å². The number of phosphoric ester groups is 1. The van der Waals surface area contributed by atoms with E-state index in [4.69, 9.17) is 23.8 Å². The van der Waals surface area contributed by atoms with Crippen LogP contribution in [0.15, 0.2) is 15.8 Å². The Balaban J connectivity index is 1.74. The van der Waals surface area contributed by atoms with E-state index in [1.807, 2.05) is 0 Å². The summed E-state index contributed by atoms with van der Waals surface area (Å²) in [4.78, 5) is 62.4. The molecular weight excluding hydrogens is 577 g/mol. The fraction of sp³-hybridized carbons (Fsp3) is 0.714. The maximum Gasteiger partial charge on any atom is 0.490 e. The Morgan fingerprint density at radius 2 is 1.89 bits per heavy atom. The minimum Gasteiger partial charge on any atom is -0.361 e. The molecule has 0 aliphatic carbocycles. The van der Waals surface area contributed by atoms with Crippen molar-refractivity contribution >= 4 is 45.1 Å². The number of hydrogen-bond acceptors (Lipinski definition) is 12. The van der Waals surface area contributed by atoms with E-state index in [9.17, 15) is 33.1 Å². The zero-order valence-electron chi connectivity index (χ0n) is 17.9. The lowest BCUT2D eigenvalue weighted by atomic mass is 10.2. The third kappa shape index (κ3) is 8.90. The van der Waals surface area contributed by atoms with Crippen molar-refractivity contribution in [1.82, 2.24) is 9.55 Å². The predicted molar refractivity (Wildman–Crippen MR) is 122 cm³/mol. The molecule has 0 aromatic carbocycles. The highest BCUT2D eigenvalue weighted by Crippen LogP contribution is 2.66. The van der Waals surface area contributed by atoms with Crippen molar-refractivity contribution in [2.45, 2.75) is 50.1 Å². The molecule has 35 heavy (non-hydrogen) atoms. The normalized spacial score (nSPS) is 28.9. The molecule has 3 heterocycles. The van der Waals surface area contributed by atoms with Gasteiger partial charge in [-0.3, -0.25) is 18.9 Å². The minimum absolute atomic E-state index is 0.0948. The summed E-state index contributed by atoms with van der Waals surface area (Å²) in [6, 6.07) is 0. The second-order valence-corrected chi connectivity index (χ2v) is 14.5. The van der Waals surface area contributed by atoms with Crippen LogP contribution in [-0.4, -0.2) is 59.1 Å². The zero-order chi connectivity index (χ0) is 26.0. The van der Waals surface area contributed by atoms with Gasteiger partial charge in [0.1, 0.15) is 17.8 Å². The van der Waals surface area contributed by atoms with Crippen molar-refractivity contribution in [3.63, 3.8) is 0 Å². The molecule has 2 aliphatic rings. The summed E-state index contributed by atoms with van der Waals surface area (Å²) in [6.07, 6.45) is 0.220. The monoisotopic (exact) mass is 600 g/mol. The minimum atomic E-state index is -5.68. The maximum absolute atomic E-state index is 12.3. The lowest BCUT2D eigenvalue weighted by molar-refractivity contribution is -0.0663. The van der Waals surface area contributed by atoms with E-state index in [1.165, 1.54) is 23.9 Å². The lowest BCUT2D eigenvalue weighted by Gasteiger charge is -2.27. The van der Waals surface area contributed by atoms with Crippen LogP contribution in [-0.2, 0) is 36.3 Å². The summed E-state index contributed by atoms with van der Waals surface area (Å²) in [5.74, 6) is 0.940. The van der Waals surface area contributed by atoms with Gasteiger partial charge in [-0.15, -0.1) is 0 Å². The SMILES string of the molecule is Cc1cn(C2CC(OC3CCCSS3)C(COP(=O)(O)OP(=O)(O)OP(=O)(O)O)O2)c(=O)[nH]c1=O. The van der Waals surface area contributed by atoms with Gasteiger partial charge in [0.25, 0.3) is 5.56 Å². The Hall–Kier alpha value is -0.290. The molecule has 2 fully saturated rings. The average Bonchev–Trinajstić information content (AvgIpc) is 3.09. The van der Waals surface area contributed by atoms with Crippen molar-refractivity contribution in [2.75, 3.05) is 12.4 Å². The van der Waals surface area contributed by atoms with Gasteiger partial charge in [0.05, 0.1) is 12.7 Å². The average molecular weight is 600 g/mol. The summed E-state index contributed by atoms with van der Waals surface area (Å²) in [6.45, 7) is 0.757. The van der Waals surface area contributed by atoms with Crippen LogP contribution in [0.2, 0.25) is 0 Å². The number of hydrogen-bond donors (Lipinski definition) is 5. The lowest BCUT2D eigenvalue weighted by Crippen LogP contribution is -2.33. The van der Waals surface area contributed by atoms with E-state index in [0.29, 0.717) is 0 Å². The molecule has 0 spiro atoms. The first-order valence-corrected chi connectivity index (χ1v) is 16.7. The summed E-state index contributed by atoms with van der Waals surface area (Å²) < 4.78 is 59.4. The first kappa shape index (κ1) is 29.3. The highest BCUT2D eigenvalue weighted by molar-refractivity contribution is 8.77. The van der Waals surface area contributed by atoms with Crippen LogP contribution < -0.4 is 11.2 Å². The predicted octanol–water partition coefficient (Wildman–Crippen LogP) is 1.36. The quantitative estimate of drug-likeness (QED) is 0.188. The number of H-pyrrole nitrogens is 1. The molecule has 5 N–H and O–H groups in total. The third-order valence-electron chi connectivity index (χ3n) is 4.62. The number of rotatable bonds is 10. The number of ether oxygens (including phenoxy) is 2. The van der Waals surface area contributed by atoms with Crippen molar-refractivity contribution in [1.29, 1.82) is 0 Å². The largest absolute Gasteiger partial charge is 0.490 e. The zero-order valence-corrected chi connectivity index (χ0v) is 22.2. The number of aromatic nitrogens is 2. The van der Waals surface area contributed by atoms with E-state index in [-0.39, 0.29) is 17.4 Å². The van der Waals surface area contributed by atoms with Crippen LogP contribution in [0.1, 0.15) is 31.1 Å². The third-order valence-corrected chi connectivity index (χ3v) is 11.1. The van der Waals surface area contributed by atoms with Crippen LogP contribution in [0.3, 0.4) is 0 Å². The Bertz CT molecular complexity index is 1160. The molecule has 2 saturated heterocycles. The molecule has 200 valence electrons. The first-order valence-electron chi connectivity index (χ1n) is 9.84. The Morgan fingerprint density at radius 1 is 1.17 bits per heavy atom. The van der Waals surface area contributed by atoms with E-state index in [1.54, 1.807) is 10.8 Å². The van der Waals surface area contributed by atoms with Crippen LogP contribution in [0.4, 0.5) is 0 Å². The maximum atomic E-state index is 12.3. The van der Waals surface area contributed by atoms with Crippen molar-refractivity contribution in [2.24, 2.45) is 0 Å². The molecule has 0 bridgehead atoms. The number of aryl methyl sites for hydroxylation is 1. The van der Waals surface area contributed by atoms with Gasteiger partial charge in [-0.05, 0) is 19.8 Å². The standard InChI is InChI=1S/C14H23N2O14P3S2/c1-8-6-16(14(18)15-13(8)17)11-5-9(28-12-3-2-4-34-35-12)10(27-11)7-26-32(22,23)30-33(24,25)29-31(19,20)21/h6,9-12H,2-5,7H2,1H3,(H,22,23)(H,24,25)(H,15,17,18)(H2,19,20,21). The molecule has 3 rings (SSSR count). The van der Waals surface area contributed by atoms with Crippen molar-refractivity contribution in [3.8, 4) is 0 Å². The molecule has 0 radical (unpaired) electrons.